The Morgan fingerprint density at radius 2 is 2.11 bits per heavy atom. The summed E-state index contributed by atoms with van der Waals surface area (Å²) in [7, 11) is 1.58. The summed E-state index contributed by atoms with van der Waals surface area (Å²) in [5.74, 6) is 1.84. The third kappa shape index (κ3) is 2.55. The number of benzene rings is 1. The molecule has 0 saturated carbocycles. The lowest BCUT2D eigenvalue weighted by Gasteiger charge is -2.25. The van der Waals surface area contributed by atoms with Crippen molar-refractivity contribution in [2.75, 3.05) is 20.3 Å². The van der Waals surface area contributed by atoms with Gasteiger partial charge in [0.1, 0.15) is 13.2 Å². The zero-order valence-electron chi connectivity index (χ0n) is 10.9. The fourth-order valence-corrected chi connectivity index (χ4v) is 2.42. The molecular formula is C13H18ClNO3. The molecule has 0 amide bonds. The maximum absolute atomic E-state index is 6.32. The highest BCUT2D eigenvalue weighted by atomic mass is 35.5. The molecule has 1 heterocycles. The average molecular weight is 272 g/mol. The Kier molecular flexibility index (Phi) is 4.32. The van der Waals surface area contributed by atoms with Crippen molar-refractivity contribution >= 4 is 11.6 Å². The number of hydrogen-bond acceptors (Lipinski definition) is 4. The lowest BCUT2D eigenvalue weighted by atomic mass is 9.95. The van der Waals surface area contributed by atoms with Gasteiger partial charge in [0.15, 0.2) is 11.5 Å². The smallest absolute Gasteiger partial charge is 0.165 e. The first-order chi connectivity index (χ1) is 8.65. The van der Waals surface area contributed by atoms with E-state index in [1.165, 1.54) is 0 Å². The molecule has 5 heteroatoms. The Morgan fingerprint density at radius 3 is 2.78 bits per heavy atom. The van der Waals surface area contributed by atoms with E-state index in [9.17, 15) is 0 Å². The Hall–Kier alpha value is -0.970. The van der Waals surface area contributed by atoms with Crippen LogP contribution in [0.3, 0.4) is 0 Å². The highest BCUT2D eigenvalue weighted by molar-refractivity contribution is 6.31. The van der Waals surface area contributed by atoms with Gasteiger partial charge in [-0.2, -0.15) is 5.48 Å². The molecule has 1 aromatic carbocycles. The molecule has 18 heavy (non-hydrogen) atoms. The second kappa shape index (κ2) is 5.78. The van der Waals surface area contributed by atoms with Gasteiger partial charge in [0, 0.05) is 23.2 Å². The zero-order valence-corrected chi connectivity index (χ0v) is 11.6. The zero-order chi connectivity index (χ0) is 13.1. The van der Waals surface area contributed by atoms with Crippen LogP contribution >= 0.6 is 11.6 Å². The van der Waals surface area contributed by atoms with E-state index in [1.54, 1.807) is 7.11 Å². The summed E-state index contributed by atoms with van der Waals surface area (Å²) in [5, 5.41) is 0.674. The van der Waals surface area contributed by atoms with Crippen molar-refractivity contribution in [3.63, 3.8) is 0 Å². The van der Waals surface area contributed by atoms with Gasteiger partial charge in [-0.15, -0.1) is 0 Å². The molecule has 0 aromatic heterocycles. The highest BCUT2D eigenvalue weighted by Crippen LogP contribution is 2.43. The summed E-state index contributed by atoms with van der Waals surface area (Å²) in [6.45, 7) is 5.90. The third-order valence-corrected chi connectivity index (χ3v) is 3.23. The van der Waals surface area contributed by atoms with Crippen LogP contribution in [0.1, 0.15) is 30.9 Å². The van der Waals surface area contributed by atoms with E-state index >= 15 is 0 Å². The van der Waals surface area contributed by atoms with Crippen LogP contribution < -0.4 is 15.0 Å². The molecule has 4 nitrogen and oxygen atoms in total. The molecule has 0 aliphatic carbocycles. The predicted octanol–water partition coefficient (Wildman–Crippen LogP) is 2.89. The lowest BCUT2D eigenvalue weighted by molar-refractivity contribution is 0.0862. The monoisotopic (exact) mass is 271 g/mol. The van der Waals surface area contributed by atoms with E-state index in [0.717, 1.165) is 22.6 Å². The Bertz CT molecular complexity index is 435. The van der Waals surface area contributed by atoms with Crippen molar-refractivity contribution in [3.05, 3.63) is 22.2 Å². The molecule has 100 valence electrons. The highest BCUT2D eigenvalue weighted by Gasteiger charge is 2.23. The maximum atomic E-state index is 6.32. The van der Waals surface area contributed by atoms with E-state index in [0.29, 0.717) is 30.7 Å². The summed E-state index contributed by atoms with van der Waals surface area (Å²) < 4.78 is 11.3. The average Bonchev–Trinajstić information content (AvgIpc) is 2.35. The summed E-state index contributed by atoms with van der Waals surface area (Å²) in [6.07, 6.45) is 0. The molecule has 1 aliphatic heterocycles. The van der Waals surface area contributed by atoms with Gasteiger partial charge in [-0.1, -0.05) is 25.4 Å². The minimum atomic E-state index is 0.299. The van der Waals surface area contributed by atoms with Gasteiger partial charge >= 0.3 is 0 Å². The number of rotatable bonds is 4. The molecule has 0 saturated heterocycles. The minimum Gasteiger partial charge on any atom is -0.486 e. The largest absolute Gasteiger partial charge is 0.486 e. The third-order valence-electron chi connectivity index (χ3n) is 2.90. The van der Waals surface area contributed by atoms with E-state index in [-0.39, 0.29) is 0 Å². The summed E-state index contributed by atoms with van der Waals surface area (Å²) in [5.41, 5.74) is 4.91. The second-order valence-electron chi connectivity index (χ2n) is 4.45. The van der Waals surface area contributed by atoms with Crippen LogP contribution in [0.15, 0.2) is 6.07 Å². The van der Waals surface area contributed by atoms with Crippen molar-refractivity contribution in [1.29, 1.82) is 0 Å². The minimum absolute atomic E-state index is 0.299. The van der Waals surface area contributed by atoms with Crippen LogP contribution in [0, 0.1) is 0 Å². The van der Waals surface area contributed by atoms with Crippen molar-refractivity contribution in [3.8, 4) is 11.5 Å². The maximum Gasteiger partial charge on any atom is 0.165 e. The van der Waals surface area contributed by atoms with Crippen molar-refractivity contribution in [1.82, 2.24) is 5.48 Å². The van der Waals surface area contributed by atoms with Gasteiger partial charge in [-0.05, 0) is 11.5 Å². The Balaban J connectivity index is 2.50. The number of hydrogen-bond donors (Lipinski definition) is 1. The molecule has 0 unspecified atom stereocenters. The van der Waals surface area contributed by atoms with Crippen LogP contribution in [-0.2, 0) is 11.4 Å². The quantitative estimate of drug-likeness (QED) is 0.855. The van der Waals surface area contributed by atoms with Crippen LogP contribution in [0.4, 0.5) is 0 Å². The standard InChI is InChI=1S/C13H18ClNO3/c1-8(2)12-9(7-15-16-3)10(14)6-11-13(12)18-5-4-17-11/h6,8,15H,4-5,7H2,1-3H3. The number of hydroxylamine groups is 1. The van der Waals surface area contributed by atoms with Gasteiger partial charge in [0.25, 0.3) is 0 Å². The van der Waals surface area contributed by atoms with Crippen LogP contribution in [0.5, 0.6) is 11.5 Å². The molecular weight excluding hydrogens is 254 g/mol. The van der Waals surface area contributed by atoms with Crippen LogP contribution in [-0.4, -0.2) is 20.3 Å². The molecule has 1 aromatic rings. The summed E-state index contributed by atoms with van der Waals surface area (Å²) in [6, 6.07) is 1.81. The normalized spacial score (nSPS) is 14.1. The molecule has 2 rings (SSSR count). The van der Waals surface area contributed by atoms with E-state index in [1.807, 2.05) is 6.07 Å². The summed E-state index contributed by atoms with van der Waals surface area (Å²) >= 11 is 6.32. The molecule has 0 radical (unpaired) electrons. The Labute approximate surface area is 112 Å². The van der Waals surface area contributed by atoms with Crippen LogP contribution in [0.25, 0.3) is 0 Å². The molecule has 0 fully saturated rings. The number of ether oxygens (including phenoxy) is 2. The lowest BCUT2D eigenvalue weighted by Crippen LogP contribution is -2.20. The Morgan fingerprint density at radius 1 is 1.39 bits per heavy atom. The second-order valence-corrected chi connectivity index (χ2v) is 4.86. The summed E-state index contributed by atoms with van der Waals surface area (Å²) in [4.78, 5) is 4.90. The molecule has 0 atom stereocenters. The molecule has 0 spiro atoms. The van der Waals surface area contributed by atoms with Gasteiger partial charge in [-0.25, -0.2) is 0 Å². The van der Waals surface area contributed by atoms with E-state index in [2.05, 4.69) is 19.3 Å². The predicted molar refractivity (Wildman–Crippen MR) is 70.4 cm³/mol. The molecule has 1 aliphatic rings. The number of halogens is 1. The number of fused-ring (bicyclic) bond motifs is 1. The first-order valence-corrected chi connectivity index (χ1v) is 6.39. The van der Waals surface area contributed by atoms with Gasteiger partial charge in [0.2, 0.25) is 0 Å². The van der Waals surface area contributed by atoms with Crippen molar-refractivity contribution in [2.24, 2.45) is 0 Å². The van der Waals surface area contributed by atoms with Crippen molar-refractivity contribution in [2.45, 2.75) is 26.3 Å². The number of nitrogens with one attached hydrogen (secondary N) is 1. The first kappa shape index (κ1) is 13.5. The van der Waals surface area contributed by atoms with Crippen molar-refractivity contribution < 1.29 is 14.3 Å². The van der Waals surface area contributed by atoms with E-state index < -0.39 is 0 Å². The van der Waals surface area contributed by atoms with Gasteiger partial charge in [0.05, 0.1) is 7.11 Å². The first-order valence-electron chi connectivity index (χ1n) is 6.01. The van der Waals surface area contributed by atoms with Crippen LogP contribution in [0.2, 0.25) is 5.02 Å². The fourth-order valence-electron chi connectivity index (χ4n) is 2.15. The van der Waals surface area contributed by atoms with E-state index in [4.69, 9.17) is 25.9 Å². The molecule has 1 N–H and O–H groups in total. The topological polar surface area (TPSA) is 39.7 Å². The fraction of sp³-hybridized carbons (Fsp3) is 0.538. The van der Waals surface area contributed by atoms with Gasteiger partial charge in [-0.3, -0.25) is 0 Å². The van der Waals surface area contributed by atoms with Gasteiger partial charge < -0.3 is 14.3 Å². The SMILES string of the molecule is CONCc1c(Cl)cc2c(c1C(C)C)OCCO2. The molecule has 0 bridgehead atoms.